The number of aromatic nitrogens is 3. The minimum absolute atomic E-state index is 0. The molecule has 0 spiro atoms. The first-order chi connectivity index (χ1) is 14.6. The van der Waals surface area contributed by atoms with Gasteiger partial charge >= 0.3 is 0 Å². The summed E-state index contributed by atoms with van der Waals surface area (Å²) in [6.07, 6.45) is 3.87. The molecule has 160 valence electrons. The molecule has 0 atom stereocenters. The highest BCUT2D eigenvalue weighted by Gasteiger charge is 2.18. The molecule has 1 aromatic carbocycles. The first kappa shape index (κ1) is 21.1. The maximum Gasteiger partial charge on any atom is 0.258 e. The number of fused-ring (bicyclic) bond motifs is 3. The summed E-state index contributed by atoms with van der Waals surface area (Å²) in [7, 11) is 2.07. The largest absolute Gasteiger partial charge is 0.487 e. The first-order valence-corrected chi connectivity index (χ1v) is 9.87. The molecule has 0 fully saturated rings. The van der Waals surface area contributed by atoms with Gasteiger partial charge in [-0.25, -0.2) is 4.39 Å². The summed E-state index contributed by atoms with van der Waals surface area (Å²) < 4.78 is 22.4. The Hall–Kier alpha value is -3.16. The molecule has 1 N–H and O–H groups in total. The molecule has 0 radical (unpaired) electrons. The van der Waals surface area contributed by atoms with Crippen molar-refractivity contribution in [3.05, 3.63) is 88.0 Å². The number of nitrogens with zero attached hydrogens (tertiary/aromatic N) is 3. The van der Waals surface area contributed by atoms with E-state index in [2.05, 4.69) is 34.0 Å². The Morgan fingerprint density at radius 3 is 2.84 bits per heavy atom. The van der Waals surface area contributed by atoms with Gasteiger partial charge in [0.15, 0.2) is 0 Å². The van der Waals surface area contributed by atoms with Crippen molar-refractivity contribution in [3.8, 4) is 11.4 Å². The van der Waals surface area contributed by atoms with Gasteiger partial charge in [0.1, 0.15) is 18.2 Å². The fourth-order valence-corrected chi connectivity index (χ4v) is 4.04. The van der Waals surface area contributed by atoms with Crippen LogP contribution in [0.5, 0.6) is 5.75 Å². The van der Waals surface area contributed by atoms with E-state index in [-0.39, 0.29) is 24.6 Å². The molecular formula is C23H22ClFN4O2. The summed E-state index contributed by atoms with van der Waals surface area (Å²) in [5.74, 6) is 0.0533. The van der Waals surface area contributed by atoms with E-state index < -0.39 is 5.82 Å². The molecule has 4 heterocycles. The zero-order valence-corrected chi connectivity index (χ0v) is 17.8. The highest BCUT2D eigenvalue weighted by atomic mass is 35.5. The van der Waals surface area contributed by atoms with Gasteiger partial charge in [0.25, 0.3) is 5.56 Å². The predicted octanol–water partition coefficient (Wildman–Crippen LogP) is 3.51. The van der Waals surface area contributed by atoms with Crippen LogP contribution in [0.3, 0.4) is 0 Å². The monoisotopic (exact) mass is 440 g/mol. The third-order valence-electron chi connectivity index (χ3n) is 5.61. The second-order valence-corrected chi connectivity index (χ2v) is 7.44. The number of nitrogens with one attached hydrogen (secondary N) is 1. The quantitative estimate of drug-likeness (QED) is 0.527. The normalized spacial score (nSPS) is 13.0. The second-order valence-electron chi connectivity index (χ2n) is 7.44. The molecule has 1 aliphatic heterocycles. The van der Waals surface area contributed by atoms with Gasteiger partial charge in [-0.05, 0) is 48.9 Å². The zero-order chi connectivity index (χ0) is 20.7. The fourth-order valence-electron chi connectivity index (χ4n) is 4.04. The number of hydrogen-bond donors (Lipinski definition) is 1. The molecule has 0 aliphatic carbocycles. The van der Waals surface area contributed by atoms with E-state index in [1.54, 1.807) is 22.9 Å². The van der Waals surface area contributed by atoms with E-state index >= 15 is 0 Å². The molecule has 31 heavy (non-hydrogen) atoms. The third-order valence-corrected chi connectivity index (χ3v) is 5.61. The molecule has 3 aromatic heterocycles. The molecule has 1 aliphatic rings. The van der Waals surface area contributed by atoms with Crippen LogP contribution in [0.4, 0.5) is 4.39 Å². The molecular weight excluding hydrogens is 419 g/mol. The van der Waals surface area contributed by atoms with Gasteiger partial charge in [-0.3, -0.25) is 14.3 Å². The van der Waals surface area contributed by atoms with Crippen LogP contribution in [0.2, 0.25) is 0 Å². The summed E-state index contributed by atoms with van der Waals surface area (Å²) in [6.45, 7) is 2.02. The SMILES string of the molecule is Cl.Cn1c2c(c3ccc(-n4ccc(OCc5ccc(F)cn5)cc4=O)cc31)CCNC2. The Bertz CT molecular complexity index is 1300. The number of benzene rings is 1. The van der Waals surface area contributed by atoms with Crippen molar-refractivity contribution in [1.82, 2.24) is 19.4 Å². The molecule has 4 aromatic rings. The molecule has 6 nitrogen and oxygen atoms in total. The van der Waals surface area contributed by atoms with Crippen LogP contribution in [0.1, 0.15) is 17.0 Å². The van der Waals surface area contributed by atoms with Gasteiger partial charge in [-0.1, -0.05) is 6.07 Å². The molecule has 8 heteroatoms. The Morgan fingerprint density at radius 2 is 2.06 bits per heavy atom. The number of hydrogen-bond acceptors (Lipinski definition) is 4. The van der Waals surface area contributed by atoms with Crippen LogP contribution in [0.25, 0.3) is 16.6 Å². The van der Waals surface area contributed by atoms with Crippen LogP contribution >= 0.6 is 12.4 Å². The number of rotatable bonds is 4. The highest BCUT2D eigenvalue weighted by molar-refractivity contribution is 5.87. The van der Waals surface area contributed by atoms with E-state index in [9.17, 15) is 9.18 Å². The Balaban J connectivity index is 0.00000231. The number of aryl methyl sites for hydroxylation is 1. The van der Waals surface area contributed by atoms with Crippen molar-refractivity contribution >= 4 is 23.3 Å². The van der Waals surface area contributed by atoms with E-state index in [0.717, 1.165) is 36.9 Å². The molecule has 0 saturated heterocycles. The van der Waals surface area contributed by atoms with Crippen LogP contribution < -0.4 is 15.6 Å². The maximum absolute atomic E-state index is 12.9. The summed E-state index contributed by atoms with van der Waals surface area (Å²) in [5, 5.41) is 4.67. The average molecular weight is 441 g/mol. The molecule has 0 unspecified atom stereocenters. The smallest absolute Gasteiger partial charge is 0.258 e. The zero-order valence-electron chi connectivity index (χ0n) is 17.0. The lowest BCUT2D eigenvalue weighted by atomic mass is 10.0. The minimum atomic E-state index is -0.395. The van der Waals surface area contributed by atoms with Gasteiger partial charge in [0.2, 0.25) is 0 Å². The van der Waals surface area contributed by atoms with Gasteiger partial charge < -0.3 is 14.6 Å². The van der Waals surface area contributed by atoms with Crippen molar-refractivity contribution in [2.45, 2.75) is 19.6 Å². The Morgan fingerprint density at radius 1 is 1.19 bits per heavy atom. The number of pyridine rings is 2. The number of ether oxygens (including phenoxy) is 1. The lowest BCUT2D eigenvalue weighted by Crippen LogP contribution is -2.24. The van der Waals surface area contributed by atoms with Crippen molar-refractivity contribution in [2.75, 3.05) is 6.54 Å². The molecule has 5 rings (SSSR count). The lowest BCUT2D eigenvalue weighted by molar-refractivity contribution is 0.300. The lowest BCUT2D eigenvalue weighted by Gasteiger charge is -2.14. The van der Waals surface area contributed by atoms with Crippen molar-refractivity contribution in [2.24, 2.45) is 7.05 Å². The van der Waals surface area contributed by atoms with E-state index in [1.165, 1.54) is 28.8 Å². The fraction of sp³-hybridized carbons (Fsp3) is 0.217. The standard InChI is InChI=1S/C23H21FN4O2.ClH/c1-27-21-10-17(4-5-19(21)20-6-8-25-13-22(20)27)28-9-7-18(11-23(28)29)30-14-16-3-2-15(24)12-26-16;/h2-5,7,9-12,25H,6,8,13-14H2,1H3;1H. The second kappa shape index (κ2) is 8.53. The van der Waals surface area contributed by atoms with Crippen LogP contribution in [-0.2, 0) is 26.6 Å². The summed E-state index contributed by atoms with van der Waals surface area (Å²) >= 11 is 0. The van der Waals surface area contributed by atoms with Gasteiger partial charge in [-0.15, -0.1) is 12.4 Å². The van der Waals surface area contributed by atoms with Gasteiger partial charge in [0.05, 0.1) is 23.1 Å². The first-order valence-electron chi connectivity index (χ1n) is 9.87. The van der Waals surface area contributed by atoms with E-state index in [0.29, 0.717) is 11.4 Å². The third kappa shape index (κ3) is 3.94. The van der Waals surface area contributed by atoms with Crippen molar-refractivity contribution < 1.29 is 9.13 Å². The molecule has 0 saturated carbocycles. The Kier molecular flexibility index (Phi) is 5.80. The van der Waals surface area contributed by atoms with Crippen LogP contribution in [-0.4, -0.2) is 20.7 Å². The molecule has 0 amide bonds. The van der Waals surface area contributed by atoms with Crippen molar-refractivity contribution in [3.63, 3.8) is 0 Å². The summed E-state index contributed by atoms with van der Waals surface area (Å²) in [4.78, 5) is 16.7. The van der Waals surface area contributed by atoms with E-state index in [4.69, 9.17) is 4.74 Å². The maximum atomic E-state index is 12.9. The topological polar surface area (TPSA) is 61.1 Å². The summed E-state index contributed by atoms with van der Waals surface area (Å²) in [5.41, 5.74) is 5.04. The average Bonchev–Trinajstić information content (AvgIpc) is 3.05. The molecule has 0 bridgehead atoms. The highest BCUT2D eigenvalue weighted by Crippen LogP contribution is 2.29. The minimum Gasteiger partial charge on any atom is -0.487 e. The Labute approximate surface area is 184 Å². The van der Waals surface area contributed by atoms with Crippen molar-refractivity contribution in [1.29, 1.82) is 0 Å². The predicted molar refractivity (Wildman–Crippen MR) is 120 cm³/mol. The summed E-state index contributed by atoms with van der Waals surface area (Å²) in [6, 6.07) is 12.2. The number of halogens is 2. The van der Waals surface area contributed by atoms with E-state index in [1.807, 2.05) is 6.07 Å². The van der Waals surface area contributed by atoms with Crippen LogP contribution in [0.15, 0.2) is 59.7 Å². The van der Waals surface area contributed by atoms with Crippen LogP contribution in [0, 0.1) is 5.82 Å². The van der Waals surface area contributed by atoms with Gasteiger partial charge in [-0.2, -0.15) is 0 Å². The van der Waals surface area contributed by atoms with Gasteiger partial charge in [0, 0.05) is 36.9 Å².